The van der Waals surface area contributed by atoms with Crippen molar-refractivity contribution in [1.29, 1.82) is 5.26 Å². The van der Waals surface area contributed by atoms with E-state index in [1.54, 1.807) is 48.6 Å². The normalized spacial score (nSPS) is 10.5. The summed E-state index contributed by atoms with van der Waals surface area (Å²) in [6.45, 7) is 0. The minimum atomic E-state index is -0.176. The van der Waals surface area contributed by atoms with Gasteiger partial charge >= 0.3 is 0 Å². The number of hydrogen-bond acceptors (Lipinski definition) is 6. The van der Waals surface area contributed by atoms with Crippen LogP contribution < -0.4 is 10.2 Å². The standard InChI is InChI=1S/C23H16ClN5O2/c1-31-20-13-26-23(27-14-20)17-4-2-3-15(7-17)10-21-22(30)5-6-29(28-21)19-9-16(12-25)8-18(24)11-19/h2-9,11,13-14H,10H2,1H3. The van der Waals surface area contributed by atoms with Gasteiger partial charge in [0.05, 0.1) is 36.8 Å². The molecule has 8 heteroatoms. The molecule has 0 bridgehead atoms. The summed E-state index contributed by atoms with van der Waals surface area (Å²) in [5, 5.41) is 14.1. The molecule has 0 saturated heterocycles. The highest BCUT2D eigenvalue weighted by molar-refractivity contribution is 6.30. The minimum Gasteiger partial charge on any atom is -0.494 e. The number of methoxy groups -OCH3 is 1. The molecular weight excluding hydrogens is 414 g/mol. The highest BCUT2D eigenvalue weighted by Crippen LogP contribution is 2.20. The Labute approximate surface area is 183 Å². The van der Waals surface area contributed by atoms with Crippen molar-refractivity contribution in [3.63, 3.8) is 0 Å². The molecule has 31 heavy (non-hydrogen) atoms. The fraction of sp³-hybridized carbons (Fsp3) is 0.0870. The van der Waals surface area contributed by atoms with Crippen molar-refractivity contribution in [1.82, 2.24) is 19.7 Å². The molecule has 0 aliphatic rings. The summed E-state index contributed by atoms with van der Waals surface area (Å²) >= 11 is 6.10. The maximum atomic E-state index is 12.4. The van der Waals surface area contributed by atoms with E-state index < -0.39 is 0 Å². The maximum absolute atomic E-state index is 12.4. The first-order valence-electron chi connectivity index (χ1n) is 9.31. The van der Waals surface area contributed by atoms with Gasteiger partial charge in [0, 0.05) is 29.3 Å². The monoisotopic (exact) mass is 429 g/mol. The molecule has 2 heterocycles. The average Bonchev–Trinajstić information content (AvgIpc) is 2.80. The summed E-state index contributed by atoms with van der Waals surface area (Å²) in [5.41, 5.74) is 2.93. The van der Waals surface area contributed by atoms with Gasteiger partial charge in [0.1, 0.15) is 5.69 Å². The van der Waals surface area contributed by atoms with Gasteiger partial charge in [-0.25, -0.2) is 14.6 Å². The Morgan fingerprint density at radius 1 is 1.13 bits per heavy atom. The zero-order valence-corrected chi connectivity index (χ0v) is 17.2. The number of rotatable bonds is 5. The minimum absolute atomic E-state index is 0.176. The van der Waals surface area contributed by atoms with Crippen LogP contribution in [0, 0.1) is 11.3 Å². The lowest BCUT2D eigenvalue weighted by atomic mass is 10.1. The van der Waals surface area contributed by atoms with E-state index in [-0.39, 0.29) is 5.43 Å². The summed E-state index contributed by atoms with van der Waals surface area (Å²) < 4.78 is 6.64. The van der Waals surface area contributed by atoms with Gasteiger partial charge in [0.25, 0.3) is 0 Å². The number of ether oxygens (including phenoxy) is 1. The first-order valence-corrected chi connectivity index (χ1v) is 9.69. The molecule has 152 valence electrons. The van der Waals surface area contributed by atoms with Crippen molar-refractivity contribution in [2.24, 2.45) is 0 Å². The fourth-order valence-corrected chi connectivity index (χ4v) is 3.30. The lowest BCUT2D eigenvalue weighted by Gasteiger charge is -2.09. The fourth-order valence-electron chi connectivity index (χ4n) is 3.07. The van der Waals surface area contributed by atoms with Crippen LogP contribution in [0.25, 0.3) is 17.1 Å². The Morgan fingerprint density at radius 3 is 2.68 bits per heavy atom. The maximum Gasteiger partial charge on any atom is 0.203 e. The van der Waals surface area contributed by atoms with Crippen LogP contribution in [0.15, 0.2) is 71.9 Å². The van der Waals surface area contributed by atoms with Gasteiger partial charge in [-0.15, -0.1) is 0 Å². The van der Waals surface area contributed by atoms with E-state index in [1.165, 1.54) is 6.07 Å². The van der Waals surface area contributed by atoms with Crippen LogP contribution in [0.2, 0.25) is 5.02 Å². The van der Waals surface area contributed by atoms with Crippen LogP contribution in [-0.4, -0.2) is 26.9 Å². The van der Waals surface area contributed by atoms with Crippen molar-refractivity contribution in [3.8, 4) is 28.9 Å². The van der Waals surface area contributed by atoms with Crippen molar-refractivity contribution < 1.29 is 4.74 Å². The molecule has 2 aromatic heterocycles. The van der Waals surface area contributed by atoms with E-state index in [1.807, 2.05) is 24.3 Å². The van der Waals surface area contributed by atoms with E-state index in [2.05, 4.69) is 21.1 Å². The number of nitrogens with zero attached hydrogens (tertiary/aromatic N) is 5. The molecule has 0 radical (unpaired) electrons. The molecule has 0 saturated carbocycles. The number of hydrogen-bond donors (Lipinski definition) is 0. The van der Waals surface area contributed by atoms with E-state index >= 15 is 0 Å². The smallest absolute Gasteiger partial charge is 0.203 e. The van der Waals surface area contributed by atoms with Gasteiger partial charge < -0.3 is 4.74 Å². The summed E-state index contributed by atoms with van der Waals surface area (Å²) in [6, 6.07) is 16.1. The van der Waals surface area contributed by atoms with Gasteiger partial charge in [0.2, 0.25) is 5.43 Å². The summed E-state index contributed by atoms with van der Waals surface area (Å²) in [5.74, 6) is 1.14. The first kappa shape index (κ1) is 20.3. The molecule has 0 amide bonds. The summed E-state index contributed by atoms with van der Waals surface area (Å²) in [6.07, 6.45) is 5.09. The van der Waals surface area contributed by atoms with Gasteiger partial charge in [-0.05, 0) is 29.8 Å². The molecule has 4 rings (SSSR count). The number of aromatic nitrogens is 4. The van der Waals surface area contributed by atoms with E-state index in [0.717, 1.165) is 11.1 Å². The quantitative estimate of drug-likeness (QED) is 0.478. The Morgan fingerprint density at radius 2 is 1.94 bits per heavy atom. The molecule has 7 nitrogen and oxygen atoms in total. The lowest BCUT2D eigenvalue weighted by molar-refractivity contribution is 0.411. The lowest BCUT2D eigenvalue weighted by Crippen LogP contribution is -2.16. The first-order chi connectivity index (χ1) is 15.1. The van der Waals surface area contributed by atoms with Crippen LogP contribution in [0.5, 0.6) is 5.75 Å². The number of halogens is 1. The molecule has 0 aliphatic heterocycles. The molecular formula is C23H16ClN5O2. The second-order valence-electron chi connectivity index (χ2n) is 6.70. The van der Waals surface area contributed by atoms with Gasteiger partial charge in [-0.2, -0.15) is 10.4 Å². The molecule has 0 spiro atoms. The van der Waals surface area contributed by atoms with Crippen LogP contribution in [0.3, 0.4) is 0 Å². The molecule has 0 N–H and O–H groups in total. The predicted molar refractivity (Wildman–Crippen MR) is 116 cm³/mol. The van der Waals surface area contributed by atoms with E-state index in [4.69, 9.17) is 16.3 Å². The van der Waals surface area contributed by atoms with E-state index in [9.17, 15) is 10.1 Å². The molecule has 2 aromatic carbocycles. The zero-order valence-electron chi connectivity index (χ0n) is 16.5. The Kier molecular flexibility index (Phi) is 5.74. The van der Waals surface area contributed by atoms with E-state index in [0.29, 0.717) is 40.0 Å². The highest BCUT2D eigenvalue weighted by atomic mass is 35.5. The van der Waals surface area contributed by atoms with Gasteiger partial charge in [-0.3, -0.25) is 4.79 Å². The number of benzene rings is 2. The second-order valence-corrected chi connectivity index (χ2v) is 7.14. The largest absolute Gasteiger partial charge is 0.494 e. The highest BCUT2D eigenvalue weighted by Gasteiger charge is 2.09. The summed E-state index contributed by atoms with van der Waals surface area (Å²) in [4.78, 5) is 21.0. The Hall–Kier alpha value is -4.02. The predicted octanol–water partition coefficient (Wildman–Crippen LogP) is 3.81. The van der Waals surface area contributed by atoms with Gasteiger partial charge in [-0.1, -0.05) is 29.8 Å². The molecule has 0 atom stereocenters. The Balaban J connectivity index is 1.66. The third-order valence-corrected chi connectivity index (χ3v) is 4.79. The zero-order chi connectivity index (χ0) is 21.8. The van der Waals surface area contributed by atoms with Crippen LogP contribution in [0.1, 0.15) is 16.8 Å². The Bertz CT molecular complexity index is 1340. The SMILES string of the molecule is COc1cnc(-c2cccc(Cc3nn(-c4cc(Cl)cc(C#N)c4)ccc3=O)c2)nc1. The number of nitriles is 1. The molecule has 0 aliphatic carbocycles. The van der Waals surface area contributed by atoms with Crippen molar-refractivity contribution >= 4 is 11.6 Å². The molecule has 4 aromatic rings. The van der Waals surface area contributed by atoms with Crippen molar-refractivity contribution in [2.75, 3.05) is 7.11 Å². The molecule has 0 fully saturated rings. The van der Waals surface area contributed by atoms with Crippen molar-refractivity contribution in [3.05, 3.63) is 99.2 Å². The van der Waals surface area contributed by atoms with Crippen molar-refractivity contribution in [2.45, 2.75) is 6.42 Å². The molecule has 0 unspecified atom stereocenters. The van der Waals surface area contributed by atoms with Crippen LogP contribution >= 0.6 is 11.6 Å². The summed E-state index contributed by atoms with van der Waals surface area (Å²) in [7, 11) is 1.56. The second kappa shape index (κ2) is 8.78. The third kappa shape index (κ3) is 4.60. The topological polar surface area (TPSA) is 93.7 Å². The average molecular weight is 430 g/mol. The third-order valence-electron chi connectivity index (χ3n) is 4.58. The van der Waals surface area contributed by atoms with Crippen LogP contribution in [0.4, 0.5) is 0 Å². The van der Waals surface area contributed by atoms with Gasteiger partial charge in [0.15, 0.2) is 11.6 Å². The van der Waals surface area contributed by atoms with Crippen LogP contribution in [-0.2, 0) is 6.42 Å².